The molecular formula is C44H36N2. The molecule has 0 radical (unpaired) electrons. The minimum Gasteiger partial charge on any atom is -0.256 e. The van der Waals surface area contributed by atoms with Gasteiger partial charge in [0.25, 0.3) is 0 Å². The largest absolute Gasteiger partial charge is 0.256 e. The van der Waals surface area contributed by atoms with Gasteiger partial charge in [-0.3, -0.25) is 9.98 Å². The SMILES string of the molecule is CC(C)(C)c1ccc2c(-c3ccc(N=Cc4ccccc4)cc3)c3ccccc3c(-c3ccc(N=Cc4ccccc4)cc3)c2c1. The highest BCUT2D eigenvalue weighted by Crippen LogP contribution is 2.45. The maximum absolute atomic E-state index is 4.74. The molecule has 0 unspecified atom stereocenters. The quantitative estimate of drug-likeness (QED) is 0.136. The molecule has 0 N–H and O–H groups in total. The van der Waals surface area contributed by atoms with Crippen LogP contribution in [0.2, 0.25) is 0 Å². The molecule has 2 heteroatoms. The number of benzene rings is 7. The van der Waals surface area contributed by atoms with Crippen LogP contribution in [0.15, 0.2) is 162 Å². The standard InChI is InChI=1S/C44H36N2/c1-44(2,3)35-22-27-40-41(28-35)43(34-20-25-37(26-21-34)46-30-32-14-8-5-9-15-32)39-17-11-10-16-38(39)42(40)33-18-23-36(24-19-33)45-29-31-12-6-4-7-13-31/h4-30H,1-3H3. The van der Waals surface area contributed by atoms with Crippen molar-refractivity contribution < 1.29 is 0 Å². The van der Waals surface area contributed by atoms with E-state index in [1.54, 1.807) is 0 Å². The fourth-order valence-electron chi connectivity index (χ4n) is 6.07. The van der Waals surface area contributed by atoms with Crippen LogP contribution in [-0.4, -0.2) is 12.4 Å². The molecule has 0 amide bonds. The van der Waals surface area contributed by atoms with Crippen LogP contribution in [0, 0.1) is 0 Å². The Morgan fingerprint density at radius 2 is 0.826 bits per heavy atom. The topological polar surface area (TPSA) is 24.7 Å². The number of fused-ring (bicyclic) bond motifs is 2. The van der Waals surface area contributed by atoms with Crippen molar-refractivity contribution in [3.63, 3.8) is 0 Å². The average Bonchev–Trinajstić information content (AvgIpc) is 3.09. The fourth-order valence-corrected chi connectivity index (χ4v) is 6.07. The Hall–Kier alpha value is -5.60. The van der Waals surface area contributed by atoms with Crippen LogP contribution in [0.1, 0.15) is 37.5 Å². The summed E-state index contributed by atoms with van der Waals surface area (Å²) in [6.07, 6.45) is 3.84. The molecule has 7 aromatic rings. The second kappa shape index (κ2) is 12.4. The van der Waals surface area contributed by atoms with Gasteiger partial charge in [0.2, 0.25) is 0 Å². The van der Waals surface area contributed by atoms with Crippen molar-refractivity contribution in [3.8, 4) is 22.3 Å². The fraction of sp³-hybridized carbons (Fsp3) is 0.0909. The predicted molar refractivity (Wildman–Crippen MR) is 198 cm³/mol. The summed E-state index contributed by atoms with van der Waals surface area (Å²) in [4.78, 5) is 9.47. The molecule has 0 saturated carbocycles. The molecule has 46 heavy (non-hydrogen) atoms. The van der Waals surface area contributed by atoms with E-state index in [1.165, 1.54) is 49.4 Å². The molecule has 0 atom stereocenters. The van der Waals surface area contributed by atoms with E-state index in [0.717, 1.165) is 22.5 Å². The van der Waals surface area contributed by atoms with Gasteiger partial charge in [0.05, 0.1) is 11.4 Å². The Morgan fingerprint density at radius 3 is 1.28 bits per heavy atom. The third kappa shape index (κ3) is 6.03. The van der Waals surface area contributed by atoms with Gasteiger partial charge in [-0.05, 0) is 96.2 Å². The maximum atomic E-state index is 4.74. The zero-order chi connectivity index (χ0) is 31.5. The number of nitrogens with zero attached hydrogens (tertiary/aromatic N) is 2. The van der Waals surface area contributed by atoms with Crippen LogP contribution in [0.3, 0.4) is 0 Å². The molecule has 7 rings (SSSR count). The molecule has 7 aromatic carbocycles. The highest BCUT2D eigenvalue weighted by Gasteiger charge is 2.20. The van der Waals surface area contributed by atoms with Crippen molar-refractivity contribution in [2.24, 2.45) is 9.98 Å². The first-order chi connectivity index (χ1) is 22.4. The Kier molecular flexibility index (Phi) is 7.86. The number of rotatable bonds is 6. The van der Waals surface area contributed by atoms with Gasteiger partial charge in [-0.25, -0.2) is 0 Å². The Labute approximate surface area is 271 Å². The molecule has 0 aliphatic rings. The molecule has 0 saturated heterocycles. The molecule has 0 spiro atoms. The van der Waals surface area contributed by atoms with Gasteiger partial charge in [-0.2, -0.15) is 0 Å². The second-order valence-electron chi connectivity index (χ2n) is 12.7. The molecule has 0 heterocycles. The monoisotopic (exact) mass is 592 g/mol. The van der Waals surface area contributed by atoms with E-state index in [1.807, 2.05) is 48.8 Å². The number of aliphatic imine (C=N–C) groups is 2. The predicted octanol–water partition coefficient (Wildman–Crippen LogP) is 12.1. The first kappa shape index (κ1) is 29.1. The zero-order valence-corrected chi connectivity index (χ0v) is 26.5. The van der Waals surface area contributed by atoms with Crippen molar-refractivity contribution in [3.05, 3.63) is 168 Å². The molecular weight excluding hydrogens is 556 g/mol. The van der Waals surface area contributed by atoms with E-state index in [0.29, 0.717) is 0 Å². The highest BCUT2D eigenvalue weighted by molar-refractivity contribution is 6.21. The Morgan fingerprint density at radius 1 is 0.413 bits per heavy atom. The molecule has 0 aliphatic carbocycles. The lowest BCUT2D eigenvalue weighted by molar-refractivity contribution is 0.591. The van der Waals surface area contributed by atoms with Crippen LogP contribution in [0.4, 0.5) is 11.4 Å². The molecule has 0 bridgehead atoms. The smallest absolute Gasteiger partial charge is 0.0630 e. The Balaban J connectivity index is 1.37. The van der Waals surface area contributed by atoms with Gasteiger partial charge in [0, 0.05) is 12.4 Å². The van der Waals surface area contributed by atoms with E-state index in [-0.39, 0.29) is 5.41 Å². The third-order valence-electron chi connectivity index (χ3n) is 8.53. The van der Waals surface area contributed by atoms with E-state index in [2.05, 4.69) is 136 Å². The van der Waals surface area contributed by atoms with Crippen molar-refractivity contribution in [1.29, 1.82) is 0 Å². The summed E-state index contributed by atoms with van der Waals surface area (Å²) in [5, 5.41) is 4.98. The molecule has 0 aromatic heterocycles. The molecule has 0 fully saturated rings. The summed E-state index contributed by atoms with van der Waals surface area (Å²) in [5.74, 6) is 0. The number of hydrogen-bond donors (Lipinski definition) is 0. The van der Waals surface area contributed by atoms with Crippen LogP contribution in [0.25, 0.3) is 43.8 Å². The Bertz CT molecular complexity index is 2190. The van der Waals surface area contributed by atoms with Crippen molar-refractivity contribution in [2.75, 3.05) is 0 Å². The lowest BCUT2D eigenvalue weighted by Gasteiger charge is -2.23. The number of hydrogen-bond acceptors (Lipinski definition) is 2. The summed E-state index contributed by atoms with van der Waals surface area (Å²) < 4.78 is 0. The minimum absolute atomic E-state index is 0.0195. The van der Waals surface area contributed by atoms with Crippen LogP contribution < -0.4 is 0 Å². The van der Waals surface area contributed by atoms with E-state index < -0.39 is 0 Å². The minimum atomic E-state index is 0.0195. The van der Waals surface area contributed by atoms with Crippen molar-refractivity contribution in [2.45, 2.75) is 26.2 Å². The second-order valence-corrected chi connectivity index (χ2v) is 12.7. The van der Waals surface area contributed by atoms with Crippen LogP contribution in [0.5, 0.6) is 0 Å². The highest BCUT2D eigenvalue weighted by atomic mass is 14.7. The summed E-state index contributed by atoms with van der Waals surface area (Å²) >= 11 is 0. The van der Waals surface area contributed by atoms with Crippen LogP contribution >= 0.6 is 0 Å². The van der Waals surface area contributed by atoms with E-state index in [9.17, 15) is 0 Å². The van der Waals surface area contributed by atoms with Crippen molar-refractivity contribution >= 4 is 45.3 Å². The van der Waals surface area contributed by atoms with Gasteiger partial charge in [-0.15, -0.1) is 0 Å². The maximum Gasteiger partial charge on any atom is 0.0630 e. The van der Waals surface area contributed by atoms with Crippen molar-refractivity contribution in [1.82, 2.24) is 0 Å². The summed E-state index contributed by atoms with van der Waals surface area (Å²) in [7, 11) is 0. The van der Waals surface area contributed by atoms with Gasteiger partial charge in [-0.1, -0.05) is 142 Å². The average molecular weight is 593 g/mol. The molecule has 2 nitrogen and oxygen atoms in total. The van der Waals surface area contributed by atoms with Crippen LogP contribution in [-0.2, 0) is 5.41 Å². The van der Waals surface area contributed by atoms with Gasteiger partial charge in [0.15, 0.2) is 0 Å². The molecule has 222 valence electrons. The normalized spacial score (nSPS) is 12.1. The van der Waals surface area contributed by atoms with E-state index >= 15 is 0 Å². The van der Waals surface area contributed by atoms with Gasteiger partial charge >= 0.3 is 0 Å². The summed E-state index contributed by atoms with van der Waals surface area (Å²) in [6.45, 7) is 6.85. The lowest BCUT2D eigenvalue weighted by atomic mass is 9.81. The molecule has 0 aliphatic heterocycles. The zero-order valence-electron chi connectivity index (χ0n) is 26.5. The summed E-state index contributed by atoms with van der Waals surface area (Å²) in [5.41, 5.74) is 10.2. The van der Waals surface area contributed by atoms with Gasteiger partial charge < -0.3 is 0 Å². The van der Waals surface area contributed by atoms with Gasteiger partial charge in [0.1, 0.15) is 0 Å². The first-order valence-corrected chi connectivity index (χ1v) is 15.8. The van der Waals surface area contributed by atoms with E-state index in [4.69, 9.17) is 9.98 Å². The third-order valence-corrected chi connectivity index (χ3v) is 8.53. The summed E-state index contributed by atoms with van der Waals surface area (Å²) in [6, 6.07) is 53.5. The lowest BCUT2D eigenvalue weighted by Crippen LogP contribution is -2.10. The first-order valence-electron chi connectivity index (χ1n) is 15.8.